The molecule has 0 aliphatic heterocycles. The highest BCUT2D eigenvalue weighted by molar-refractivity contribution is 7.19. The molecule has 0 unspecified atom stereocenters. The first-order valence-corrected chi connectivity index (χ1v) is 9.26. The molecule has 0 bridgehead atoms. The number of anilines is 1. The van der Waals surface area contributed by atoms with Crippen LogP contribution < -0.4 is 11.1 Å². The zero-order valence-corrected chi connectivity index (χ0v) is 14.6. The van der Waals surface area contributed by atoms with Crippen molar-refractivity contribution >= 4 is 27.4 Å². The van der Waals surface area contributed by atoms with Crippen molar-refractivity contribution in [3.05, 3.63) is 35.0 Å². The molecule has 3 aromatic heterocycles. The van der Waals surface area contributed by atoms with Crippen LogP contribution in [-0.4, -0.2) is 27.5 Å². The Labute approximate surface area is 145 Å². The number of hydrogen-bond acceptors (Lipinski definition) is 6. The van der Waals surface area contributed by atoms with Crippen molar-refractivity contribution in [1.82, 2.24) is 15.0 Å². The van der Waals surface area contributed by atoms with E-state index in [1.165, 1.54) is 28.7 Å². The fourth-order valence-electron chi connectivity index (χ4n) is 3.17. The van der Waals surface area contributed by atoms with Gasteiger partial charge in [-0.05, 0) is 50.3 Å². The average molecular weight is 339 g/mol. The van der Waals surface area contributed by atoms with E-state index in [0.717, 1.165) is 34.9 Å². The Morgan fingerprint density at radius 1 is 1.21 bits per heavy atom. The fourth-order valence-corrected chi connectivity index (χ4v) is 4.43. The monoisotopic (exact) mass is 339 g/mol. The highest BCUT2D eigenvalue weighted by atomic mass is 32.1. The summed E-state index contributed by atoms with van der Waals surface area (Å²) in [4.78, 5) is 16.3. The molecule has 0 saturated heterocycles. The van der Waals surface area contributed by atoms with Gasteiger partial charge in [0.25, 0.3) is 0 Å². The Bertz CT molecular complexity index is 857. The van der Waals surface area contributed by atoms with Crippen LogP contribution in [0.5, 0.6) is 0 Å². The largest absolute Gasteiger partial charge is 0.368 e. The van der Waals surface area contributed by atoms with Gasteiger partial charge in [0.15, 0.2) is 5.82 Å². The van der Waals surface area contributed by atoms with Gasteiger partial charge in [0.1, 0.15) is 10.6 Å². The topological polar surface area (TPSA) is 76.7 Å². The van der Waals surface area contributed by atoms with Crippen molar-refractivity contribution < 1.29 is 0 Å². The summed E-state index contributed by atoms with van der Waals surface area (Å²) < 4.78 is 0. The van der Waals surface area contributed by atoms with Gasteiger partial charge in [-0.2, -0.15) is 0 Å². The zero-order chi connectivity index (χ0) is 16.5. The second-order valence-electron chi connectivity index (χ2n) is 6.38. The van der Waals surface area contributed by atoms with Crippen LogP contribution in [0.3, 0.4) is 0 Å². The first-order valence-electron chi connectivity index (χ1n) is 8.44. The molecular weight excluding hydrogens is 318 g/mol. The van der Waals surface area contributed by atoms with Crippen molar-refractivity contribution in [3.8, 4) is 11.4 Å². The normalized spacial score (nSPS) is 15.2. The number of pyridine rings is 1. The Morgan fingerprint density at radius 2 is 2.00 bits per heavy atom. The molecule has 1 atom stereocenters. The van der Waals surface area contributed by atoms with Gasteiger partial charge in [-0.15, -0.1) is 11.3 Å². The van der Waals surface area contributed by atoms with E-state index in [0.29, 0.717) is 6.54 Å². The molecule has 5 nitrogen and oxygen atoms in total. The maximum Gasteiger partial charge on any atom is 0.163 e. The lowest BCUT2D eigenvalue weighted by atomic mass is 9.97. The van der Waals surface area contributed by atoms with Gasteiger partial charge < -0.3 is 11.1 Å². The van der Waals surface area contributed by atoms with Gasteiger partial charge in [0.2, 0.25) is 0 Å². The number of aromatic nitrogens is 3. The van der Waals surface area contributed by atoms with Gasteiger partial charge in [0, 0.05) is 35.4 Å². The van der Waals surface area contributed by atoms with Crippen molar-refractivity contribution in [3.63, 3.8) is 0 Å². The number of fused-ring (bicyclic) bond motifs is 3. The Hall–Kier alpha value is -2.05. The minimum atomic E-state index is 0.0776. The molecule has 0 saturated carbocycles. The van der Waals surface area contributed by atoms with Crippen LogP contribution in [0, 0.1) is 0 Å². The molecule has 3 aromatic rings. The van der Waals surface area contributed by atoms with E-state index in [-0.39, 0.29) is 6.04 Å². The van der Waals surface area contributed by atoms with E-state index in [9.17, 15) is 0 Å². The smallest absolute Gasteiger partial charge is 0.163 e. The first kappa shape index (κ1) is 15.5. The quantitative estimate of drug-likeness (QED) is 0.762. The van der Waals surface area contributed by atoms with E-state index >= 15 is 0 Å². The molecule has 0 spiro atoms. The molecule has 4 rings (SSSR count). The maximum atomic E-state index is 5.94. The molecule has 1 aliphatic carbocycles. The summed E-state index contributed by atoms with van der Waals surface area (Å²) in [6.07, 6.45) is 8.35. The average Bonchev–Trinajstić information content (AvgIpc) is 2.99. The first-order chi connectivity index (χ1) is 11.7. The molecular formula is C18H21N5S. The maximum absolute atomic E-state index is 5.94. The number of aryl methyl sites for hydroxylation is 2. The van der Waals surface area contributed by atoms with Crippen LogP contribution in [-0.2, 0) is 12.8 Å². The third-order valence-electron chi connectivity index (χ3n) is 4.34. The van der Waals surface area contributed by atoms with Crippen molar-refractivity contribution in [2.45, 2.75) is 38.6 Å². The van der Waals surface area contributed by atoms with Crippen LogP contribution in [0.2, 0.25) is 0 Å². The van der Waals surface area contributed by atoms with Gasteiger partial charge in [-0.3, -0.25) is 4.98 Å². The SMILES string of the molecule is C[C@@H](N)CNc1nc(-c2ccncc2)nc2sc3c(c12)CCCC3. The lowest BCUT2D eigenvalue weighted by molar-refractivity contribution is 0.700. The predicted octanol–water partition coefficient (Wildman–Crippen LogP) is 3.39. The van der Waals surface area contributed by atoms with Crippen molar-refractivity contribution in [1.29, 1.82) is 0 Å². The zero-order valence-electron chi connectivity index (χ0n) is 13.7. The molecule has 6 heteroatoms. The van der Waals surface area contributed by atoms with Gasteiger partial charge in [0.05, 0.1) is 5.39 Å². The predicted molar refractivity (Wildman–Crippen MR) is 99.4 cm³/mol. The third-order valence-corrected chi connectivity index (χ3v) is 5.53. The van der Waals surface area contributed by atoms with Crippen LogP contribution in [0.1, 0.15) is 30.2 Å². The van der Waals surface area contributed by atoms with Gasteiger partial charge in [-0.1, -0.05) is 0 Å². The molecule has 3 heterocycles. The fraction of sp³-hybridized carbons (Fsp3) is 0.389. The number of nitrogens with zero attached hydrogens (tertiary/aromatic N) is 3. The number of thiophene rings is 1. The minimum absolute atomic E-state index is 0.0776. The van der Waals surface area contributed by atoms with Crippen LogP contribution >= 0.6 is 11.3 Å². The lowest BCUT2D eigenvalue weighted by Gasteiger charge is -2.14. The molecule has 0 aromatic carbocycles. The Kier molecular flexibility index (Phi) is 4.16. The van der Waals surface area contributed by atoms with Crippen LogP contribution in [0.4, 0.5) is 5.82 Å². The number of rotatable bonds is 4. The third kappa shape index (κ3) is 2.87. The summed E-state index contributed by atoms with van der Waals surface area (Å²) >= 11 is 1.82. The van der Waals surface area contributed by atoms with Crippen LogP contribution in [0.25, 0.3) is 21.6 Å². The molecule has 0 fully saturated rings. The Balaban J connectivity index is 1.88. The number of nitrogens with one attached hydrogen (secondary N) is 1. The van der Waals surface area contributed by atoms with E-state index in [1.54, 1.807) is 12.4 Å². The summed E-state index contributed by atoms with van der Waals surface area (Å²) in [6, 6.07) is 3.97. The second-order valence-corrected chi connectivity index (χ2v) is 7.46. The highest BCUT2D eigenvalue weighted by Crippen LogP contribution is 2.39. The van der Waals surface area contributed by atoms with Gasteiger partial charge in [-0.25, -0.2) is 9.97 Å². The number of hydrogen-bond donors (Lipinski definition) is 2. The van der Waals surface area contributed by atoms with Crippen molar-refractivity contribution in [2.75, 3.05) is 11.9 Å². The van der Waals surface area contributed by atoms with E-state index in [2.05, 4.69) is 10.3 Å². The van der Waals surface area contributed by atoms with E-state index < -0.39 is 0 Å². The van der Waals surface area contributed by atoms with Crippen LogP contribution in [0.15, 0.2) is 24.5 Å². The lowest BCUT2D eigenvalue weighted by Crippen LogP contribution is -2.25. The van der Waals surface area contributed by atoms with Crippen molar-refractivity contribution in [2.24, 2.45) is 5.73 Å². The molecule has 3 N–H and O–H groups in total. The number of nitrogens with two attached hydrogens (primary N) is 1. The summed E-state index contributed by atoms with van der Waals surface area (Å²) in [5.41, 5.74) is 8.36. The summed E-state index contributed by atoms with van der Waals surface area (Å²) in [5, 5.41) is 4.65. The molecule has 0 amide bonds. The second kappa shape index (κ2) is 6.45. The van der Waals surface area contributed by atoms with Gasteiger partial charge >= 0.3 is 0 Å². The molecule has 124 valence electrons. The van der Waals surface area contributed by atoms with E-state index in [4.69, 9.17) is 15.7 Å². The Morgan fingerprint density at radius 3 is 2.79 bits per heavy atom. The minimum Gasteiger partial charge on any atom is -0.368 e. The summed E-state index contributed by atoms with van der Waals surface area (Å²) in [6.45, 7) is 2.70. The highest BCUT2D eigenvalue weighted by Gasteiger charge is 2.21. The standard InChI is InChI=1S/C18H21N5S/c1-11(19)10-21-17-15-13-4-2-3-5-14(13)24-18(15)23-16(22-17)12-6-8-20-9-7-12/h6-9,11H,2-5,10,19H2,1H3,(H,21,22,23)/t11-/m1/s1. The molecule has 1 aliphatic rings. The molecule has 0 radical (unpaired) electrons. The summed E-state index contributed by atoms with van der Waals surface area (Å²) in [5.74, 6) is 1.67. The van der Waals surface area contributed by atoms with E-state index in [1.807, 2.05) is 30.4 Å². The summed E-state index contributed by atoms with van der Waals surface area (Å²) in [7, 11) is 0. The molecule has 24 heavy (non-hydrogen) atoms.